The normalized spacial score (nSPS) is 16.1. The second kappa shape index (κ2) is 8.77. The SMILES string of the molecule is CCCNC(=O)NCC(=O)N1N=C(c2cccs2)C[C@H]1c1ccc(F)cc1. The number of urea groups is 1. The molecule has 0 fully saturated rings. The lowest BCUT2D eigenvalue weighted by molar-refractivity contribution is -0.131. The third-order valence-corrected chi connectivity index (χ3v) is 5.08. The van der Waals surface area contributed by atoms with Gasteiger partial charge in [0.05, 0.1) is 16.6 Å². The van der Waals surface area contributed by atoms with E-state index in [0.717, 1.165) is 22.6 Å². The van der Waals surface area contributed by atoms with E-state index in [4.69, 9.17) is 0 Å². The van der Waals surface area contributed by atoms with Gasteiger partial charge in [-0.3, -0.25) is 4.79 Å². The lowest BCUT2D eigenvalue weighted by Crippen LogP contribution is -2.42. The van der Waals surface area contributed by atoms with Crippen molar-refractivity contribution in [1.29, 1.82) is 0 Å². The number of carbonyl (C=O) groups excluding carboxylic acids is 2. The Morgan fingerprint density at radius 1 is 1.26 bits per heavy atom. The Balaban J connectivity index is 1.75. The summed E-state index contributed by atoms with van der Waals surface area (Å²) in [5.41, 5.74) is 1.61. The first-order valence-corrected chi connectivity index (χ1v) is 9.67. The molecule has 1 atom stereocenters. The number of carbonyl (C=O) groups is 2. The summed E-state index contributed by atoms with van der Waals surface area (Å²) in [6.07, 6.45) is 1.36. The van der Waals surface area contributed by atoms with Crippen LogP contribution < -0.4 is 10.6 Å². The summed E-state index contributed by atoms with van der Waals surface area (Å²) in [4.78, 5) is 25.4. The van der Waals surface area contributed by atoms with Crippen molar-refractivity contribution in [2.24, 2.45) is 5.10 Å². The highest BCUT2D eigenvalue weighted by Crippen LogP contribution is 2.33. The zero-order valence-corrected chi connectivity index (χ0v) is 15.8. The van der Waals surface area contributed by atoms with Crippen LogP contribution in [0.25, 0.3) is 0 Å². The van der Waals surface area contributed by atoms with Crippen LogP contribution in [-0.2, 0) is 4.79 Å². The number of rotatable bonds is 6. The van der Waals surface area contributed by atoms with Gasteiger partial charge in [0.25, 0.3) is 5.91 Å². The molecule has 142 valence electrons. The van der Waals surface area contributed by atoms with E-state index in [1.807, 2.05) is 24.4 Å². The van der Waals surface area contributed by atoms with Crippen LogP contribution in [-0.4, -0.2) is 35.7 Å². The van der Waals surface area contributed by atoms with E-state index in [1.165, 1.54) is 17.1 Å². The zero-order chi connectivity index (χ0) is 19.2. The number of benzene rings is 1. The molecule has 0 unspecified atom stereocenters. The average Bonchev–Trinajstić information content (AvgIpc) is 3.34. The minimum atomic E-state index is -0.384. The van der Waals surface area contributed by atoms with Crippen LogP contribution in [0, 0.1) is 5.82 Å². The second-order valence-electron chi connectivity index (χ2n) is 6.14. The molecule has 2 N–H and O–H groups in total. The van der Waals surface area contributed by atoms with Gasteiger partial charge in [0.15, 0.2) is 0 Å². The maximum absolute atomic E-state index is 13.3. The molecule has 0 bridgehead atoms. The number of hydrazone groups is 1. The molecule has 3 amide bonds. The van der Waals surface area contributed by atoms with E-state index in [2.05, 4.69) is 15.7 Å². The Morgan fingerprint density at radius 2 is 2.04 bits per heavy atom. The highest BCUT2D eigenvalue weighted by molar-refractivity contribution is 7.12. The van der Waals surface area contributed by atoms with Crippen molar-refractivity contribution < 1.29 is 14.0 Å². The Bertz CT molecular complexity index is 821. The summed E-state index contributed by atoms with van der Waals surface area (Å²) >= 11 is 1.55. The maximum Gasteiger partial charge on any atom is 0.315 e. The van der Waals surface area contributed by atoms with Gasteiger partial charge >= 0.3 is 6.03 Å². The molecule has 2 aromatic rings. The highest BCUT2D eigenvalue weighted by atomic mass is 32.1. The van der Waals surface area contributed by atoms with Crippen molar-refractivity contribution in [2.45, 2.75) is 25.8 Å². The molecule has 8 heteroatoms. The van der Waals surface area contributed by atoms with Crippen molar-refractivity contribution in [3.63, 3.8) is 0 Å². The van der Waals surface area contributed by atoms with Crippen LogP contribution in [0.15, 0.2) is 46.9 Å². The topological polar surface area (TPSA) is 73.8 Å². The molecule has 0 aliphatic carbocycles. The number of hydrogen-bond acceptors (Lipinski definition) is 4. The summed E-state index contributed by atoms with van der Waals surface area (Å²) in [7, 11) is 0. The van der Waals surface area contributed by atoms with Crippen LogP contribution in [0.4, 0.5) is 9.18 Å². The standard InChI is InChI=1S/C19H21FN4O2S/c1-2-9-21-19(26)22-12-18(25)24-16(13-5-7-14(20)8-6-13)11-15(23-24)17-4-3-10-27-17/h3-8,10,16H,2,9,11-12H2,1H3,(H2,21,22,26)/t16-/m0/s1. The number of nitrogens with zero attached hydrogens (tertiary/aromatic N) is 2. The lowest BCUT2D eigenvalue weighted by atomic mass is 10.0. The average molecular weight is 388 g/mol. The highest BCUT2D eigenvalue weighted by Gasteiger charge is 2.33. The molecule has 2 heterocycles. The molecule has 0 saturated carbocycles. The van der Waals surface area contributed by atoms with Gasteiger partial charge in [-0.15, -0.1) is 11.3 Å². The molecule has 3 rings (SSSR count). The van der Waals surface area contributed by atoms with Crippen molar-refractivity contribution in [3.05, 3.63) is 58.0 Å². The number of amides is 3. The monoisotopic (exact) mass is 388 g/mol. The first-order chi connectivity index (χ1) is 13.1. The molecule has 1 aromatic carbocycles. The Labute approximate surface area is 161 Å². The van der Waals surface area contributed by atoms with E-state index in [9.17, 15) is 14.0 Å². The van der Waals surface area contributed by atoms with Gasteiger partial charge in [0.1, 0.15) is 12.4 Å². The molecule has 1 aromatic heterocycles. The second-order valence-corrected chi connectivity index (χ2v) is 7.09. The first-order valence-electron chi connectivity index (χ1n) is 8.79. The molecule has 1 aliphatic rings. The Hall–Kier alpha value is -2.74. The van der Waals surface area contributed by atoms with Crippen molar-refractivity contribution in [1.82, 2.24) is 15.6 Å². The van der Waals surface area contributed by atoms with Gasteiger partial charge in [-0.1, -0.05) is 25.1 Å². The minimum Gasteiger partial charge on any atom is -0.338 e. The fraction of sp³-hybridized carbons (Fsp3) is 0.316. The predicted octanol–water partition coefficient (Wildman–Crippen LogP) is 3.27. The third kappa shape index (κ3) is 4.71. The van der Waals surface area contributed by atoms with E-state index >= 15 is 0 Å². The molecule has 0 spiro atoms. The van der Waals surface area contributed by atoms with Gasteiger partial charge in [0, 0.05) is 13.0 Å². The summed E-state index contributed by atoms with van der Waals surface area (Å²) in [6, 6.07) is 9.24. The number of halogens is 1. The van der Waals surface area contributed by atoms with Crippen molar-refractivity contribution in [3.8, 4) is 0 Å². The number of thiophene rings is 1. The van der Waals surface area contributed by atoms with E-state index in [0.29, 0.717) is 13.0 Å². The van der Waals surface area contributed by atoms with E-state index in [-0.39, 0.29) is 30.3 Å². The predicted molar refractivity (Wildman–Crippen MR) is 103 cm³/mol. The van der Waals surface area contributed by atoms with Crippen LogP contribution >= 0.6 is 11.3 Å². The zero-order valence-electron chi connectivity index (χ0n) is 14.9. The van der Waals surface area contributed by atoms with Gasteiger partial charge in [-0.25, -0.2) is 14.2 Å². The van der Waals surface area contributed by atoms with E-state index < -0.39 is 0 Å². The van der Waals surface area contributed by atoms with E-state index in [1.54, 1.807) is 23.5 Å². The van der Waals surface area contributed by atoms with Crippen molar-refractivity contribution in [2.75, 3.05) is 13.1 Å². The first kappa shape index (κ1) is 19.0. The minimum absolute atomic E-state index is 0.158. The molecule has 6 nitrogen and oxygen atoms in total. The quantitative estimate of drug-likeness (QED) is 0.797. The molecular weight excluding hydrogens is 367 g/mol. The molecule has 0 saturated heterocycles. The molecule has 0 radical (unpaired) electrons. The van der Waals surface area contributed by atoms with Gasteiger partial charge < -0.3 is 10.6 Å². The third-order valence-electron chi connectivity index (χ3n) is 4.16. The maximum atomic E-state index is 13.3. The summed E-state index contributed by atoms with van der Waals surface area (Å²) in [6.45, 7) is 2.33. The van der Waals surface area contributed by atoms with Crippen LogP contribution in [0.5, 0.6) is 0 Å². The van der Waals surface area contributed by atoms with Crippen LogP contribution in [0.1, 0.15) is 36.2 Å². The fourth-order valence-electron chi connectivity index (χ4n) is 2.81. The van der Waals surface area contributed by atoms with Crippen LogP contribution in [0.2, 0.25) is 0 Å². The number of hydrogen-bond donors (Lipinski definition) is 2. The van der Waals surface area contributed by atoms with Gasteiger partial charge in [-0.05, 0) is 35.6 Å². The lowest BCUT2D eigenvalue weighted by Gasteiger charge is -2.22. The molecular formula is C19H21FN4O2S. The van der Waals surface area contributed by atoms with Crippen molar-refractivity contribution >= 4 is 29.0 Å². The van der Waals surface area contributed by atoms with Gasteiger partial charge in [0.2, 0.25) is 0 Å². The van der Waals surface area contributed by atoms with Gasteiger partial charge in [-0.2, -0.15) is 5.10 Å². The molecule has 1 aliphatic heterocycles. The summed E-state index contributed by atoms with van der Waals surface area (Å²) < 4.78 is 13.3. The summed E-state index contributed by atoms with van der Waals surface area (Å²) in [5.74, 6) is -0.647. The summed E-state index contributed by atoms with van der Waals surface area (Å²) in [5, 5.41) is 13.1. The molecule has 27 heavy (non-hydrogen) atoms. The Morgan fingerprint density at radius 3 is 2.70 bits per heavy atom. The number of nitrogens with one attached hydrogen (secondary N) is 2. The smallest absolute Gasteiger partial charge is 0.315 e. The fourth-order valence-corrected chi connectivity index (χ4v) is 3.54. The van der Waals surface area contributed by atoms with Crippen LogP contribution in [0.3, 0.4) is 0 Å². The Kier molecular flexibility index (Phi) is 6.18. The largest absolute Gasteiger partial charge is 0.338 e.